The minimum Gasteiger partial charge on any atom is -0.394 e. The first-order chi connectivity index (χ1) is 29.4. The predicted octanol–water partition coefficient (Wildman–Crippen LogP) is 0.214. The van der Waals surface area contributed by atoms with Crippen LogP contribution in [0.3, 0.4) is 0 Å². The van der Waals surface area contributed by atoms with Crippen LogP contribution >= 0.6 is 0 Å². The smallest absolute Gasteiger partial charge is 0.187 e. The third-order valence-corrected chi connectivity index (χ3v) is 17.7. The van der Waals surface area contributed by atoms with Crippen molar-refractivity contribution in [3.8, 4) is 0 Å². The molecule has 5 heterocycles. The van der Waals surface area contributed by atoms with Gasteiger partial charge in [-0.1, -0.05) is 39.3 Å². The van der Waals surface area contributed by atoms with Crippen molar-refractivity contribution in [3.63, 3.8) is 0 Å². The number of ether oxygens (including phenoxy) is 8. The van der Waals surface area contributed by atoms with Gasteiger partial charge in [-0.25, -0.2) is 0 Å². The summed E-state index contributed by atoms with van der Waals surface area (Å²) in [5, 5.41) is 95.7. The average molecular weight is 885 g/mol. The fourth-order valence-corrected chi connectivity index (χ4v) is 14.0. The Labute approximate surface area is 363 Å². The lowest BCUT2D eigenvalue weighted by atomic mass is 9.47. The maximum Gasteiger partial charge on any atom is 0.187 e. The summed E-state index contributed by atoms with van der Waals surface area (Å²) >= 11 is 0. The maximum atomic E-state index is 12.0. The van der Waals surface area contributed by atoms with Crippen LogP contribution in [0.4, 0.5) is 0 Å². The van der Waals surface area contributed by atoms with E-state index in [2.05, 4.69) is 33.8 Å². The van der Waals surface area contributed by atoms with Gasteiger partial charge in [-0.05, 0) is 98.7 Å². The maximum absolute atomic E-state index is 12.0. The summed E-state index contributed by atoms with van der Waals surface area (Å²) in [6, 6.07) is 0. The molecule has 62 heavy (non-hydrogen) atoms. The molecular weight excluding hydrogens is 812 g/mol. The van der Waals surface area contributed by atoms with Gasteiger partial charge in [0.15, 0.2) is 24.7 Å². The highest BCUT2D eigenvalue weighted by Crippen LogP contribution is 2.70. The molecule has 0 amide bonds. The Kier molecular flexibility index (Phi) is 12.9. The summed E-state index contributed by atoms with van der Waals surface area (Å²) in [6.45, 7) is 10.4. The summed E-state index contributed by atoms with van der Waals surface area (Å²) in [7, 11) is 0. The second-order valence-corrected chi connectivity index (χ2v) is 21.1. The highest BCUT2D eigenvalue weighted by molar-refractivity contribution is 5.26. The zero-order valence-electron chi connectivity index (χ0n) is 36.6. The highest BCUT2D eigenvalue weighted by Gasteiger charge is 2.69. The van der Waals surface area contributed by atoms with E-state index < -0.39 is 111 Å². The normalized spacial score (nSPS) is 57.6. The Morgan fingerprint density at radius 2 is 1.35 bits per heavy atom. The Morgan fingerprint density at radius 3 is 2.05 bits per heavy atom. The standard InChI is InChI=1S/C45H72O17/c1-19-8-13-45(55-18-19)20(2)30-27(62-45)15-26-24-7-6-22-14-23(9-11-43(22,4)25(24)10-12-44(26,30)5)57-42-39(61-40-35(52)33(50)31(48)21(3)56-40)37(54)38(29(17-47)59-42)60-41-36(53)34(51)32(49)28(16-46)58-41/h6,19-21,23-42,46-54H,7-18H2,1-5H3/t19-,20?,21+,23+,24?,25?,26?,27?,28-,29-,30?,31+,32-,33-,34+,35-,36-,37+,38-,39-,40+,41+,42-,43+,44+,45?/m1/s1. The number of hydrogen-bond donors (Lipinski definition) is 9. The molecular formula is C45H72O17. The molecule has 0 bridgehead atoms. The minimum atomic E-state index is -1.82. The van der Waals surface area contributed by atoms with Crippen LogP contribution in [0.15, 0.2) is 11.6 Å². The number of aliphatic hydroxyl groups excluding tert-OH is 9. The van der Waals surface area contributed by atoms with Crippen molar-refractivity contribution in [1.82, 2.24) is 0 Å². The van der Waals surface area contributed by atoms with Crippen LogP contribution in [0, 0.1) is 46.3 Å². The molecule has 9 aliphatic rings. The van der Waals surface area contributed by atoms with E-state index in [4.69, 9.17) is 37.9 Å². The van der Waals surface area contributed by atoms with E-state index in [0.29, 0.717) is 48.3 Å². The van der Waals surface area contributed by atoms with Crippen LogP contribution in [-0.4, -0.2) is 176 Å². The lowest BCUT2D eigenvalue weighted by Crippen LogP contribution is -2.67. The molecule has 8 fully saturated rings. The molecule has 9 N–H and O–H groups in total. The van der Waals surface area contributed by atoms with Crippen molar-refractivity contribution < 1.29 is 83.9 Å². The number of fused-ring (bicyclic) bond motifs is 7. The van der Waals surface area contributed by atoms with Crippen molar-refractivity contribution in [1.29, 1.82) is 0 Å². The molecule has 0 aromatic carbocycles. The van der Waals surface area contributed by atoms with E-state index in [-0.39, 0.29) is 23.0 Å². The van der Waals surface area contributed by atoms with Gasteiger partial charge < -0.3 is 83.9 Å². The second kappa shape index (κ2) is 17.3. The molecule has 4 aliphatic carbocycles. The first-order valence-corrected chi connectivity index (χ1v) is 23.4. The number of aliphatic hydroxyl groups is 9. The Bertz CT molecular complexity index is 1610. The Balaban J connectivity index is 0.917. The second-order valence-electron chi connectivity index (χ2n) is 21.1. The minimum absolute atomic E-state index is 0.0356. The molecule has 17 nitrogen and oxygen atoms in total. The van der Waals surface area contributed by atoms with E-state index >= 15 is 0 Å². The molecule has 0 aromatic heterocycles. The molecule has 5 aliphatic heterocycles. The van der Waals surface area contributed by atoms with E-state index in [1.165, 1.54) is 12.5 Å². The first kappa shape index (κ1) is 46.2. The highest BCUT2D eigenvalue weighted by atomic mass is 16.8. The lowest BCUT2D eigenvalue weighted by Gasteiger charge is -2.58. The van der Waals surface area contributed by atoms with Crippen LogP contribution < -0.4 is 0 Å². The van der Waals surface area contributed by atoms with Crippen LogP contribution in [0.1, 0.15) is 92.4 Å². The van der Waals surface area contributed by atoms with Gasteiger partial charge in [0.1, 0.15) is 67.1 Å². The van der Waals surface area contributed by atoms with Crippen molar-refractivity contribution in [2.45, 2.75) is 203 Å². The molecule has 354 valence electrons. The third-order valence-electron chi connectivity index (χ3n) is 17.7. The summed E-state index contributed by atoms with van der Waals surface area (Å²) in [5.41, 5.74) is 1.48. The molecule has 5 saturated heterocycles. The zero-order valence-corrected chi connectivity index (χ0v) is 36.6. The number of allylic oxidation sites excluding steroid dienone is 1. The van der Waals surface area contributed by atoms with Gasteiger partial charge in [0.25, 0.3) is 0 Å². The number of rotatable bonds is 8. The lowest BCUT2D eigenvalue weighted by molar-refractivity contribution is -0.389. The largest absolute Gasteiger partial charge is 0.394 e. The van der Waals surface area contributed by atoms with Gasteiger partial charge in [-0.15, -0.1) is 0 Å². The molecule has 3 saturated carbocycles. The average Bonchev–Trinajstić information content (AvgIpc) is 3.70. The first-order valence-electron chi connectivity index (χ1n) is 23.4. The van der Waals surface area contributed by atoms with Gasteiger partial charge in [0, 0.05) is 12.3 Å². The Hall–Kier alpha value is -0.940. The van der Waals surface area contributed by atoms with Crippen molar-refractivity contribution in [3.05, 3.63) is 11.6 Å². The van der Waals surface area contributed by atoms with Gasteiger partial charge in [-0.3, -0.25) is 0 Å². The molecule has 0 radical (unpaired) electrons. The van der Waals surface area contributed by atoms with Crippen molar-refractivity contribution >= 4 is 0 Å². The summed E-state index contributed by atoms with van der Waals surface area (Å²) < 4.78 is 49.9. The fraction of sp³-hybridized carbons (Fsp3) is 0.956. The molecule has 1 spiro atoms. The van der Waals surface area contributed by atoms with Crippen LogP contribution in [0.5, 0.6) is 0 Å². The van der Waals surface area contributed by atoms with Crippen molar-refractivity contribution in [2.24, 2.45) is 46.3 Å². The molecule has 26 atom stereocenters. The van der Waals surface area contributed by atoms with Gasteiger partial charge in [0.05, 0.1) is 38.1 Å². The molecule has 7 unspecified atom stereocenters. The summed E-state index contributed by atoms with van der Waals surface area (Å²) in [4.78, 5) is 0. The fourth-order valence-electron chi connectivity index (χ4n) is 14.0. The van der Waals surface area contributed by atoms with Gasteiger partial charge >= 0.3 is 0 Å². The van der Waals surface area contributed by atoms with E-state index in [1.807, 2.05) is 0 Å². The quantitative estimate of drug-likeness (QED) is 0.148. The SMILES string of the molecule is CC1C2C(CC3C4CC=C5C[C@@H](O[C@@H]6O[C@H](CO)[C@@H](O[C@@H]7O[C@H](CO)[C@@H](O)[C@H](O)[C@H]7O)[C@H](O)[C@H]6O[C@@H]6O[C@@H](C)[C@H](O)[C@@H](O)[C@H]6O)CC[C@]5(C)C4CC[C@@]32C)OC12CC[C@@H](C)CO2. The van der Waals surface area contributed by atoms with Gasteiger partial charge in [-0.2, -0.15) is 0 Å². The van der Waals surface area contributed by atoms with Gasteiger partial charge in [0.2, 0.25) is 0 Å². The van der Waals surface area contributed by atoms with Crippen molar-refractivity contribution in [2.75, 3.05) is 19.8 Å². The van der Waals surface area contributed by atoms with E-state index in [1.54, 1.807) is 0 Å². The summed E-state index contributed by atoms with van der Waals surface area (Å²) in [5.74, 6) is 2.56. The Morgan fingerprint density at radius 1 is 0.677 bits per heavy atom. The zero-order chi connectivity index (χ0) is 44.2. The van der Waals surface area contributed by atoms with E-state index in [0.717, 1.165) is 51.6 Å². The molecule has 0 aromatic rings. The monoisotopic (exact) mass is 884 g/mol. The molecule has 9 rings (SSSR count). The molecule has 17 heteroatoms. The van der Waals surface area contributed by atoms with E-state index in [9.17, 15) is 46.0 Å². The topological polar surface area (TPSA) is 256 Å². The van der Waals surface area contributed by atoms with Crippen LogP contribution in [-0.2, 0) is 37.9 Å². The number of hydrogen-bond acceptors (Lipinski definition) is 17. The summed E-state index contributed by atoms with van der Waals surface area (Å²) in [6.07, 6.45) is -12.0. The predicted molar refractivity (Wildman–Crippen MR) is 214 cm³/mol. The van der Waals surface area contributed by atoms with Crippen LogP contribution in [0.25, 0.3) is 0 Å². The van der Waals surface area contributed by atoms with Crippen LogP contribution in [0.2, 0.25) is 0 Å². The third kappa shape index (κ3) is 7.49.